The fourth-order valence-electron chi connectivity index (χ4n) is 3.37. The highest BCUT2D eigenvalue weighted by molar-refractivity contribution is 7.99. The molecule has 9 heteroatoms. The van der Waals surface area contributed by atoms with Crippen LogP contribution in [0.5, 0.6) is 5.75 Å². The first-order chi connectivity index (χ1) is 14.6. The van der Waals surface area contributed by atoms with E-state index >= 15 is 0 Å². The SMILES string of the molecule is CCOc1ccccc1NC(=O)C1=C(C)Nc2nc(SCC)nn2C1c1ccco1. The van der Waals surface area contributed by atoms with Gasteiger partial charge in [-0.25, -0.2) is 4.68 Å². The molecule has 2 N–H and O–H groups in total. The minimum atomic E-state index is -0.533. The topological polar surface area (TPSA) is 94.2 Å². The molecule has 0 aliphatic carbocycles. The summed E-state index contributed by atoms with van der Waals surface area (Å²) in [7, 11) is 0. The molecule has 1 aliphatic rings. The van der Waals surface area contributed by atoms with E-state index in [1.54, 1.807) is 17.0 Å². The lowest BCUT2D eigenvalue weighted by atomic mass is 10.00. The molecule has 1 atom stereocenters. The summed E-state index contributed by atoms with van der Waals surface area (Å²) in [5.41, 5.74) is 1.80. The van der Waals surface area contributed by atoms with Gasteiger partial charge in [-0.1, -0.05) is 30.8 Å². The van der Waals surface area contributed by atoms with Crippen LogP contribution in [0.1, 0.15) is 32.6 Å². The van der Waals surface area contributed by atoms with E-state index in [-0.39, 0.29) is 5.91 Å². The van der Waals surface area contributed by atoms with Crippen molar-refractivity contribution in [2.75, 3.05) is 23.0 Å². The van der Waals surface area contributed by atoms with Gasteiger partial charge in [0.2, 0.25) is 11.1 Å². The second-order valence-corrected chi connectivity index (χ2v) is 7.79. The maximum absolute atomic E-state index is 13.4. The lowest BCUT2D eigenvalue weighted by molar-refractivity contribution is -0.113. The first-order valence-electron chi connectivity index (χ1n) is 9.76. The van der Waals surface area contributed by atoms with Crippen LogP contribution in [0.2, 0.25) is 0 Å². The first-order valence-corrected chi connectivity index (χ1v) is 10.7. The molecule has 3 aromatic rings. The first kappa shape index (κ1) is 20.1. The Labute approximate surface area is 178 Å². The third-order valence-electron chi connectivity index (χ3n) is 4.60. The minimum absolute atomic E-state index is 0.264. The highest BCUT2D eigenvalue weighted by Crippen LogP contribution is 2.37. The fourth-order valence-corrected chi connectivity index (χ4v) is 3.92. The monoisotopic (exact) mass is 425 g/mol. The van der Waals surface area contributed by atoms with Crippen LogP contribution in [0, 0.1) is 0 Å². The van der Waals surface area contributed by atoms with Gasteiger partial charge in [-0.15, -0.1) is 5.10 Å². The molecule has 0 saturated carbocycles. The highest BCUT2D eigenvalue weighted by atomic mass is 32.2. The number of amides is 1. The Morgan fingerprint density at radius 2 is 2.13 bits per heavy atom. The molecule has 1 amide bonds. The van der Waals surface area contributed by atoms with Gasteiger partial charge in [-0.05, 0) is 43.9 Å². The van der Waals surface area contributed by atoms with Crippen LogP contribution in [0.3, 0.4) is 0 Å². The number of anilines is 2. The van der Waals surface area contributed by atoms with Crippen molar-refractivity contribution in [2.24, 2.45) is 0 Å². The van der Waals surface area contributed by atoms with E-state index < -0.39 is 6.04 Å². The van der Waals surface area contributed by atoms with Crippen LogP contribution in [0.4, 0.5) is 11.6 Å². The van der Waals surface area contributed by atoms with E-state index in [0.717, 1.165) is 5.75 Å². The van der Waals surface area contributed by atoms with Crippen molar-refractivity contribution in [3.63, 3.8) is 0 Å². The second-order valence-electron chi connectivity index (χ2n) is 6.56. The quantitative estimate of drug-likeness (QED) is 0.545. The number of carbonyl (C=O) groups is 1. The van der Waals surface area contributed by atoms with Gasteiger partial charge >= 0.3 is 0 Å². The number of ether oxygens (including phenoxy) is 1. The molecular weight excluding hydrogens is 402 g/mol. The molecule has 4 rings (SSSR count). The van der Waals surface area contributed by atoms with E-state index in [4.69, 9.17) is 9.15 Å². The Balaban J connectivity index is 1.72. The molecule has 0 bridgehead atoms. The molecule has 156 valence electrons. The van der Waals surface area contributed by atoms with E-state index in [1.165, 1.54) is 11.8 Å². The van der Waals surface area contributed by atoms with Gasteiger partial charge in [0.15, 0.2) is 0 Å². The molecule has 3 heterocycles. The zero-order valence-corrected chi connectivity index (χ0v) is 17.8. The minimum Gasteiger partial charge on any atom is -0.492 e. The standard InChI is InChI=1S/C21H23N5O3S/c1-4-28-15-10-7-6-9-14(15)23-19(27)17-13(3)22-20-24-21(30-5-2)25-26(20)18(17)16-11-8-12-29-16/h6-12,18H,4-5H2,1-3H3,(H,23,27)(H,22,24,25). The predicted molar refractivity (Wildman–Crippen MR) is 116 cm³/mol. The summed E-state index contributed by atoms with van der Waals surface area (Å²) in [6.45, 7) is 6.30. The Kier molecular flexibility index (Phi) is 5.80. The largest absolute Gasteiger partial charge is 0.492 e. The van der Waals surface area contributed by atoms with Gasteiger partial charge < -0.3 is 19.8 Å². The number of hydrogen-bond acceptors (Lipinski definition) is 7. The average Bonchev–Trinajstić information content (AvgIpc) is 3.38. The number of carbonyl (C=O) groups excluding carboxylic acids is 1. The molecule has 0 radical (unpaired) electrons. The number of fused-ring (bicyclic) bond motifs is 1. The van der Waals surface area contributed by atoms with Crippen LogP contribution >= 0.6 is 11.8 Å². The van der Waals surface area contributed by atoms with Gasteiger partial charge in [0, 0.05) is 5.70 Å². The molecule has 1 unspecified atom stereocenters. The number of nitrogens with zero attached hydrogens (tertiary/aromatic N) is 3. The van der Waals surface area contributed by atoms with Gasteiger partial charge in [-0.3, -0.25) is 4.79 Å². The number of hydrogen-bond donors (Lipinski definition) is 2. The van der Waals surface area contributed by atoms with Crippen molar-refractivity contribution >= 4 is 29.3 Å². The van der Waals surface area contributed by atoms with E-state index in [0.29, 0.717) is 46.2 Å². The van der Waals surface area contributed by atoms with Gasteiger partial charge in [0.05, 0.1) is 24.1 Å². The fraction of sp³-hybridized carbons (Fsp3) is 0.286. The van der Waals surface area contributed by atoms with Crippen molar-refractivity contribution in [1.82, 2.24) is 14.8 Å². The maximum atomic E-state index is 13.4. The molecule has 0 spiro atoms. The van der Waals surface area contributed by atoms with Crippen LogP contribution in [0.15, 0.2) is 63.5 Å². The van der Waals surface area contributed by atoms with Crippen molar-refractivity contribution in [3.05, 3.63) is 59.7 Å². The molecule has 1 aliphatic heterocycles. The molecular formula is C21H23N5O3S. The third kappa shape index (κ3) is 3.80. The molecule has 30 heavy (non-hydrogen) atoms. The van der Waals surface area contributed by atoms with Crippen molar-refractivity contribution < 1.29 is 13.9 Å². The predicted octanol–water partition coefficient (Wildman–Crippen LogP) is 4.31. The Bertz CT molecular complexity index is 1070. The van der Waals surface area contributed by atoms with Crippen LogP contribution in [0.25, 0.3) is 0 Å². The van der Waals surface area contributed by atoms with Crippen molar-refractivity contribution in [3.8, 4) is 5.75 Å². The summed E-state index contributed by atoms with van der Waals surface area (Å²) in [5, 5.41) is 11.4. The normalized spacial score (nSPS) is 15.5. The van der Waals surface area contributed by atoms with Crippen LogP contribution in [-0.4, -0.2) is 33.0 Å². The number of nitrogens with one attached hydrogen (secondary N) is 2. The molecule has 0 fully saturated rings. The second kappa shape index (κ2) is 8.66. The summed E-state index contributed by atoms with van der Waals surface area (Å²) < 4.78 is 13.0. The van der Waals surface area contributed by atoms with Gasteiger partial charge in [0.1, 0.15) is 17.6 Å². The Morgan fingerprint density at radius 1 is 1.30 bits per heavy atom. The van der Waals surface area contributed by atoms with Gasteiger partial charge in [-0.2, -0.15) is 4.98 Å². The lowest BCUT2D eigenvalue weighted by Gasteiger charge is -2.27. The van der Waals surface area contributed by atoms with Crippen molar-refractivity contribution in [1.29, 1.82) is 0 Å². The average molecular weight is 426 g/mol. The lowest BCUT2D eigenvalue weighted by Crippen LogP contribution is -2.31. The third-order valence-corrected chi connectivity index (χ3v) is 5.32. The summed E-state index contributed by atoms with van der Waals surface area (Å²) >= 11 is 1.54. The summed E-state index contributed by atoms with van der Waals surface area (Å²) in [5.74, 6) is 2.39. The summed E-state index contributed by atoms with van der Waals surface area (Å²) in [6, 6.07) is 10.5. The number of thioether (sulfide) groups is 1. The molecule has 2 aromatic heterocycles. The van der Waals surface area contributed by atoms with E-state index in [9.17, 15) is 4.79 Å². The summed E-state index contributed by atoms with van der Waals surface area (Å²) in [4.78, 5) is 18.0. The zero-order chi connectivity index (χ0) is 21.1. The van der Waals surface area contributed by atoms with Crippen LogP contribution < -0.4 is 15.4 Å². The smallest absolute Gasteiger partial charge is 0.256 e. The number of furan rings is 1. The number of allylic oxidation sites excluding steroid dienone is 1. The summed E-state index contributed by atoms with van der Waals surface area (Å²) in [6.07, 6.45) is 1.59. The highest BCUT2D eigenvalue weighted by Gasteiger charge is 2.36. The number of aromatic nitrogens is 3. The molecule has 0 saturated heterocycles. The maximum Gasteiger partial charge on any atom is 0.256 e. The van der Waals surface area contributed by atoms with E-state index in [1.807, 2.05) is 51.1 Å². The number of rotatable bonds is 7. The number of benzene rings is 1. The number of para-hydroxylation sites is 2. The van der Waals surface area contributed by atoms with E-state index in [2.05, 4.69) is 20.7 Å². The van der Waals surface area contributed by atoms with Gasteiger partial charge in [0.25, 0.3) is 5.91 Å². The van der Waals surface area contributed by atoms with Crippen LogP contribution in [-0.2, 0) is 4.79 Å². The zero-order valence-electron chi connectivity index (χ0n) is 17.0. The molecule has 8 nitrogen and oxygen atoms in total. The van der Waals surface area contributed by atoms with Crippen molar-refractivity contribution in [2.45, 2.75) is 32.0 Å². The molecule has 1 aromatic carbocycles. The Morgan fingerprint density at radius 3 is 2.87 bits per heavy atom. The Hall–Kier alpha value is -3.20.